The fourth-order valence-electron chi connectivity index (χ4n) is 2.66. The first-order valence-corrected chi connectivity index (χ1v) is 9.47. The maximum absolute atomic E-state index is 10.9. The van der Waals surface area contributed by atoms with E-state index in [9.17, 15) is 4.79 Å². The molecule has 0 aromatic heterocycles. The molecule has 0 fully saturated rings. The molecule has 2 aromatic carbocycles. The van der Waals surface area contributed by atoms with Crippen LogP contribution in [0.5, 0.6) is 23.0 Å². The van der Waals surface area contributed by atoms with E-state index in [0.29, 0.717) is 22.5 Å². The quantitative estimate of drug-likeness (QED) is 0.509. The Bertz CT molecular complexity index is 813. The Balaban J connectivity index is 1.94. The van der Waals surface area contributed by atoms with Crippen molar-refractivity contribution in [1.29, 1.82) is 0 Å². The molecule has 0 aliphatic rings. The smallest absolute Gasteiger partial charge is 0.255 e. The maximum Gasteiger partial charge on any atom is 0.255 e. The van der Waals surface area contributed by atoms with Crippen LogP contribution in [0.1, 0.15) is 11.1 Å². The van der Waals surface area contributed by atoms with Crippen LogP contribution in [-0.2, 0) is 17.8 Å². The molecule has 0 radical (unpaired) electrons. The van der Waals surface area contributed by atoms with E-state index in [-0.39, 0.29) is 6.61 Å². The fourth-order valence-corrected chi connectivity index (χ4v) is 3.26. The van der Waals surface area contributed by atoms with Crippen molar-refractivity contribution in [1.82, 2.24) is 5.32 Å². The molecule has 1 amide bonds. The van der Waals surface area contributed by atoms with Crippen molar-refractivity contribution in [3.8, 4) is 23.0 Å². The van der Waals surface area contributed by atoms with Crippen LogP contribution >= 0.6 is 15.9 Å². The molecule has 28 heavy (non-hydrogen) atoms. The van der Waals surface area contributed by atoms with Crippen LogP contribution < -0.4 is 30.0 Å². The summed E-state index contributed by atoms with van der Waals surface area (Å²) >= 11 is 3.45. The van der Waals surface area contributed by atoms with Gasteiger partial charge in [0.15, 0.2) is 29.6 Å². The zero-order valence-electron chi connectivity index (χ0n) is 16.2. The van der Waals surface area contributed by atoms with Crippen LogP contribution in [0.15, 0.2) is 34.8 Å². The lowest BCUT2D eigenvalue weighted by atomic mass is 10.1. The molecule has 152 valence electrons. The Labute approximate surface area is 173 Å². The van der Waals surface area contributed by atoms with E-state index < -0.39 is 5.91 Å². The summed E-state index contributed by atoms with van der Waals surface area (Å²) in [7, 11) is 4.80. The van der Waals surface area contributed by atoms with Gasteiger partial charge >= 0.3 is 0 Å². The first kappa shape index (κ1) is 21.8. The molecule has 0 unspecified atom stereocenters. The molecule has 2 aromatic rings. The van der Waals surface area contributed by atoms with Gasteiger partial charge < -0.3 is 30.0 Å². The van der Waals surface area contributed by atoms with Gasteiger partial charge in [0.2, 0.25) is 0 Å². The van der Waals surface area contributed by atoms with Crippen molar-refractivity contribution < 1.29 is 23.7 Å². The molecule has 7 nitrogen and oxygen atoms in total. The molecule has 0 saturated carbocycles. The van der Waals surface area contributed by atoms with Gasteiger partial charge in [0.25, 0.3) is 5.91 Å². The van der Waals surface area contributed by atoms with E-state index in [1.54, 1.807) is 21.3 Å². The molecule has 0 atom stereocenters. The van der Waals surface area contributed by atoms with Crippen LogP contribution in [0, 0.1) is 0 Å². The summed E-state index contributed by atoms with van der Waals surface area (Å²) in [5.74, 6) is 1.88. The maximum atomic E-state index is 10.9. The second-order valence-corrected chi connectivity index (χ2v) is 6.83. The number of rotatable bonds is 11. The average Bonchev–Trinajstić information content (AvgIpc) is 2.69. The highest BCUT2D eigenvalue weighted by Gasteiger charge is 2.13. The minimum Gasteiger partial charge on any atom is -0.493 e. The van der Waals surface area contributed by atoms with Crippen molar-refractivity contribution in [3.05, 3.63) is 45.9 Å². The Hall–Kier alpha value is -2.45. The van der Waals surface area contributed by atoms with Gasteiger partial charge in [-0.2, -0.15) is 0 Å². The van der Waals surface area contributed by atoms with Crippen LogP contribution in [-0.4, -0.2) is 40.4 Å². The molecule has 8 heteroatoms. The molecule has 3 N–H and O–H groups in total. The van der Waals surface area contributed by atoms with Crippen molar-refractivity contribution in [2.75, 3.05) is 34.5 Å². The lowest BCUT2D eigenvalue weighted by molar-refractivity contribution is -0.119. The number of nitrogens with two attached hydrogens (primary N) is 1. The number of hydrogen-bond donors (Lipinski definition) is 2. The largest absolute Gasteiger partial charge is 0.493 e. The molecular formula is C20H25BrN2O5. The summed E-state index contributed by atoms with van der Waals surface area (Å²) in [6.07, 6.45) is 0.846. The first-order chi connectivity index (χ1) is 13.5. The van der Waals surface area contributed by atoms with Gasteiger partial charge in [-0.3, -0.25) is 4.79 Å². The normalized spacial score (nSPS) is 10.4. The van der Waals surface area contributed by atoms with Gasteiger partial charge in [-0.25, -0.2) is 0 Å². The molecule has 0 saturated heterocycles. The number of halogens is 1. The van der Waals surface area contributed by atoms with E-state index in [1.807, 2.05) is 30.3 Å². The monoisotopic (exact) mass is 452 g/mol. The third kappa shape index (κ3) is 6.03. The average molecular weight is 453 g/mol. The molecule has 2 rings (SSSR count). The Morgan fingerprint density at radius 2 is 1.68 bits per heavy atom. The summed E-state index contributed by atoms with van der Waals surface area (Å²) in [6, 6.07) is 9.69. The van der Waals surface area contributed by atoms with Gasteiger partial charge in [0.1, 0.15) is 0 Å². The molecule has 0 aliphatic carbocycles. The minimum atomic E-state index is -0.546. The van der Waals surface area contributed by atoms with E-state index in [0.717, 1.165) is 35.6 Å². The summed E-state index contributed by atoms with van der Waals surface area (Å²) in [6.45, 7) is 1.23. The molecule has 0 spiro atoms. The lowest BCUT2D eigenvalue weighted by Crippen LogP contribution is -2.20. The number of primary amides is 1. The minimum absolute atomic E-state index is 0.210. The standard InChI is InChI=1S/C20H25BrN2O5/c1-25-16-5-4-13(9-17(16)26-2)6-7-23-11-14-8-15(21)20(18(10-14)27-3)28-12-19(22)24/h4-5,8-10,23H,6-7,11-12H2,1-3H3,(H2,22,24). The number of nitrogens with one attached hydrogen (secondary N) is 1. The zero-order chi connectivity index (χ0) is 20.5. The highest BCUT2D eigenvalue weighted by atomic mass is 79.9. The summed E-state index contributed by atoms with van der Waals surface area (Å²) in [5, 5.41) is 3.40. The van der Waals surface area contributed by atoms with Gasteiger partial charge in [0.05, 0.1) is 25.8 Å². The molecule has 0 heterocycles. The number of carbonyl (C=O) groups excluding carboxylic acids is 1. The van der Waals surface area contributed by atoms with Crippen molar-refractivity contribution >= 4 is 21.8 Å². The number of carbonyl (C=O) groups is 1. The Morgan fingerprint density at radius 3 is 2.32 bits per heavy atom. The van der Waals surface area contributed by atoms with Crippen LogP contribution in [0.3, 0.4) is 0 Å². The third-order valence-corrected chi connectivity index (χ3v) is 4.60. The topological polar surface area (TPSA) is 92.0 Å². The predicted molar refractivity (Wildman–Crippen MR) is 110 cm³/mol. The number of hydrogen-bond acceptors (Lipinski definition) is 6. The van der Waals surface area contributed by atoms with Gasteiger partial charge in [0, 0.05) is 6.54 Å². The van der Waals surface area contributed by atoms with E-state index in [1.165, 1.54) is 0 Å². The van der Waals surface area contributed by atoms with Crippen LogP contribution in [0.25, 0.3) is 0 Å². The Morgan fingerprint density at radius 1 is 1.00 bits per heavy atom. The van der Waals surface area contributed by atoms with Gasteiger partial charge in [-0.15, -0.1) is 0 Å². The number of amides is 1. The van der Waals surface area contributed by atoms with E-state index in [4.69, 9.17) is 24.7 Å². The van der Waals surface area contributed by atoms with Crippen LogP contribution in [0.2, 0.25) is 0 Å². The van der Waals surface area contributed by atoms with E-state index in [2.05, 4.69) is 21.2 Å². The van der Waals surface area contributed by atoms with Crippen molar-refractivity contribution in [3.63, 3.8) is 0 Å². The second-order valence-electron chi connectivity index (χ2n) is 5.98. The van der Waals surface area contributed by atoms with Crippen molar-refractivity contribution in [2.24, 2.45) is 5.73 Å². The highest BCUT2D eigenvalue weighted by Crippen LogP contribution is 2.36. The fraction of sp³-hybridized carbons (Fsp3) is 0.350. The predicted octanol–water partition coefficient (Wildman–Crippen LogP) is 2.67. The molecular weight excluding hydrogens is 428 g/mol. The second kappa shape index (κ2) is 10.8. The first-order valence-electron chi connectivity index (χ1n) is 8.67. The third-order valence-electron chi connectivity index (χ3n) is 4.02. The number of ether oxygens (including phenoxy) is 4. The number of methoxy groups -OCH3 is 3. The SMILES string of the molecule is COc1ccc(CCNCc2cc(Br)c(OCC(N)=O)c(OC)c2)cc1OC. The summed E-state index contributed by atoms with van der Waals surface area (Å²) in [5.41, 5.74) is 7.30. The highest BCUT2D eigenvalue weighted by molar-refractivity contribution is 9.10. The molecule has 0 bridgehead atoms. The van der Waals surface area contributed by atoms with Crippen molar-refractivity contribution in [2.45, 2.75) is 13.0 Å². The lowest BCUT2D eigenvalue weighted by Gasteiger charge is -2.14. The summed E-state index contributed by atoms with van der Waals surface area (Å²) < 4.78 is 22.1. The Kier molecular flexibility index (Phi) is 8.41. The van der Waals surface area contributed by atoms with Gasteiger partial charge in [-0.1, -0.05) is 6.07 Å². The van der Waals surface area contributed by atoms with E-state index >= 15 is 0 Å². The molecule has 0 aliphatic heterocycles. The van der Waals surface area contributed by atoms with Gasteiger partial charge in [-0.05, 0) is 64.3 Å². The van der Waals surface area contributed by atoms with Crippen LogP contribution in [0.4, 0.5) is 0 Å². The number of benzene rings is 2. The summed E-state index contributed by atoms with van der Waals surface area (Å²) in [4.78, 5) is 10.9. The zero-order valence-corrected chi connectivity index (χ0v) is 17.8.